The Morgan fingerprint density at radius 1 is 1.07 bits per heavy atom. The molecular formula is C24H21N3OS. The summed E-state index contributed by atoms with van der Waals surface area (Å²) in [5.74, 6) is 0.628. The second-order valence-corrected chi connectivity index (χ2v) is 8.76. The number of aryl methyl sites for hydroxylation is 3. The van der Waals surface area contributed by atoms with Crippen LogP contribution in [0.5, 0.6) is 0 Å². The van der Waals surface area contributed by atoms with Gasteiger partial charge in [0.15, 0.2) is 0 Å². The summed E-state index contributed by atoms with van der Waals surface area (Å²) in [7, 11) is 0. The molecule has 0 fully saturated rings. The standard InChI is InChI=1S/C24H21N3OS/c1-14-7-6-8-17(11-14)12-27-13-19(18-9-4-5-10-20(18)27)22-25-23(28)21-15(2)16(3)29-24(21)26-22/h4-11,13H,12H2,1-3H3,(H,25,26,28). The molecule has 3 aromatic heterocycles. The van der Waals surface area contributed by atoms with Crippen LogP contribution in [0.3, 0.4) is 0 Å². The fourth-order valence-corrected chi connectivity index (χ4v) is 4.99. The molecule has 0 aliphatic heterocycles. The highest BCUT2D eigenvalue weighted by Crippen LogP contribution is 2.32. The molecule has 5 aromatic rings. The highest BCUT2D eigenvalue weighted by Gasteiger charge is 2.16. The van der Waals surface area contributed by atoms with E-state index in [1.165, 1.54) is 11.1 Å². The molecule has 2 aromatic carbocycles. The number of H-pyrrole nitrogens is 1. The number of nitrogens with one attached hydrogen (secondary N) is 1. The maximum absolute atomic E-state index is 12.8. The molecule has 0 saturated heterocycles. The Labute approximate surface area is 172 Å². The zero-order chi connectivity index (χ0) is 20.1. The molecule has 1 N–H and O–H groups in total. The topological polar surface area (TPSA) is 50.7 Å². The van der Waals surface area contributed by atoms with Crippen LogP contribution in [0.15, 0.2) is 59.5 Å². The van der Waals surface area contributed by atoms with Gasteiger partial charge in [0.25, 0.3) is 5.56 Å². The van der Waals surface area contributed by atoms with Crippen LogP contribution in [0.1, 0.15) is 21.6 Å². The molecule has 0 bridgehead atoms. The number of hydrogen-bond acceptors (Lipinski definition) is 3. The average Bonchev–Trinajstić information content (AvgIpc) is 3.20. The van der Waals surface area contributed by atoms with E-state index in [9.17, 15) is 4.79 Å². The largest absolute Gasteiger partial charge is 0.342 e. The van der Waals surface area contributed by atoms with Crippen molar-refractivity contribution < 1.29 is 0 Å². The zero-order valence-corrected chi connectivity index (χ0v) is 17.4. The van der Waals surface area contributed by atoms with Gasteiger partial charge in [-0.05, 0) is 38.0 Å². The Kier molecular flexibility index (Phi) is 4.14. The van der Waals surface area contributed by atoms with Gasteiger partial charge in [0, 0.05) is 34.1 Å². The normalized spacial score (nSPS) is 11.6. The van der Waals surface area contributed by atoms with Gasteiger partial charge in [0.1, 0.15) is 10.7 Å². The van der Waals surface area contributed by atoms with Crippen molar-refractivity contribution in [2.24, 2.45) is 0 Å². The van der Waals surface area contributed by atoms with Crippen LogP contribution in [-0.4, -0.2) is 14.5 Å². The molecular weight excluding hydrogens is 378 g/mol. The van der Waals surface area contributed by atoms with Crippen molar-refractivity contribution in [1.82, 2.24) is 14.5 Å². The van der Waals surface area contributed by atoms with E-state index < -0.39 is 0 Å². The lowest BCUT2D eigenvalue weighted by atomic mass is 10.1. The molecule has 5 rings (SSSR count). The third-order valence-electron chi connectivity index (χ3n) is 5.52. The van der Waals surface area contributed by atoms with Crippen LogP contribution in [0.4, 0.5) is 0 Å². The van der Waals surface area contributed by atoms with Crippen molar-refractivity contribution in [3.63, 3.8) is 0 Å². The van der Waals surface area contributed by atoms with Crippen LogP contribution >= 0.6 is 11.3 Å². The molecule has 29 heavy (non-hydrogen) atoms. The first-order valence-electron chi connectivity index (χ1n) is 9.65. The molecule has 4 nitrogen and oxygen atoms in total. The smallest absolute Gasteiger partial charge is 0.260 e. The maximum atomic E-state index is 12.8. The van der Waals surface area contributed by atoms with Crippen LogP contribution in [0.2, 0.25) is 0 Å². The molecule has 5 heteroatoms. The summed E-state index contributed by atoms with van der Waals surface area (Å²) in [5.41, 5.74) is 5.54. The summed E-state index contributed by atoms with van der Waals surface area (Å²) in [6.07, 6.45) is 2.10. The molecule has 0 saturated carbocycles. The Bertz CT molecular complexity index is 1440. The van der Waals surface area contributed by atoms with Gasteiger partial charge >= 0.3 is 0 Å². The Hall–Kier alpha value is -3.18. The minimum atomic E-state index is -0.0673. The Morgan fingerprint density at radius 3 is 2.72 bits per heavy atom. The number of aromatic amines is 1. The van der Waals surface area contributed by atoms with Crippen LogP contribution in [0, 0.1) is 20.8 Å². The van der Waals surface area contributed by atoms with Crippen molar-refractivity contribution in [2.45, 2.75) is 27.3 Å². The van der Waals surface area contributed by atoms with E-state index >= 15 is 0 Å². The molecule has 0 unspecified atom stereocenters. The molecule has 0 amide bonds. The Balaban J connectivity index is 1.70. The molecule has 0 aliphatic rings. The number of thiophene rings is 1. The summed E-state index contributed by atoms with van der Waals surface area (Å²) < 4.78 is 2.23. The van der Waals surface area contributed by atoms with E-state index in [-0.39, 0.29) is 5.56 Å². The van der Waals surface area contributed by atoms with Gasteiger partial charge in [-0.3, -0.25) is 4.79 Å². The van der Waals surface area contributed by atoms with E-state index in [0.717, 1.165) is 38.3 Å². The monoisotopic (exact) mass is 399 g/mol. The number of benzene rings is 2. The molecule has 144 valence electrons. The summed E-state index contributed by atoms with van der Waals surface area (Å²) in [4.78, 5) is 22.6. The van der Waals surface area contributed by atoms with Gasteiger partial charge < -0.3 is 9.55 Å². The third-order valence-corrected chi connectivity index (χ3v) is 6.62. The van der Waals surface area contributed by atoms with Crippen molar-refractivity contribution >= 4 is 32.5 Å². The van der Waals surface area contributed by atoms with Gasteiger partial charge in [-0.2, -0.15) is 0 Å². The lowest BCUT2D eigenvalue weighted by molar-refractivity contribution is 0.836. The second-order valence-electron chi connectivity index (χ2n) is 7.55. The van der Waals surface area contributed by atoms with Crippen LogP contribution in [0.25, 0.3) is 32.5 Å². The lowest BCUT2D eigenvalue weighted by Gasteiger charge is -2.06. The van der Waals surface area contributed by atoms with E-state index in [0.29, 0.717) is 11.2 Å². The van der Waals surface area contributed by atoms with Gasteiger partial charge in [0.05, 0.1) is 5.39 Å². The van der Waals surface area contributed by atoms with Crippen molar-refractivity contribution in [3.8, 4) is 11.4 Å². The maximum Gasteiger partial charge on any atom is 0.260 e. The van der Waals surface area contributed by atoms with E-state index in [1.807, 2.05) is 26.0 Å². The minimum Gasteiger partial charge on any atom is -0.342 e. The predicted octanol–water partition coefficient (Wildman–Crippen LogP) is 5.58. The first-order valence-corrected chi connectivity index (χ1v) is 10.5. The second kappa shape index (κ2) is 6.71. The predicted molar refractivity (Wildman–Crippen MR) is 121 cm³/mol. The highest BCUT2D eigenvalue weighted by molar-refractivity contribution is 7.18. The van der Waals surface area contributed by atoms with Crippen LogP contribution in [-0.2, 0) is 6.54 Å². The SMILES string of the molecule is Cc1cccc(Cn2cc(-c3nc4sc(C)c(C)c4c(=O)[nH]3)c3ccccc32)c1. The van der Waals surface area contributed by atoms with Crippen molar-refractivity contribution in [3.05, 3.63) is 86.6 Å². The summed E-state index contributed by atoms with van der Waals surface area (Å²) in [6, 6.07) is 16.8. The third kappa shape index (κ3) is 2.98. The number of nitrogens with zero attached hydrogens (tertiary/aromatic N) is 2. The fraction of sp³-hybridized carbons (Fsp3) is 0.167. The summed E-state index contributed by atoms with van der Waals surface area (Å²) in [6.45, 7) is 6.90. The molecule has 0 spiro atoms. The molecule has 0 radical (unpaired) electrons. The molecule has 0 atom stereocenters. The number of hydrogen-bond donors (Lipinski definition) is 1. The number of aromatic nitrogens is 3. The number of para-hydroxylation sites is 1. The zero-order valence-electron chi connectivity index (χ0n) is 16.6. The van der Waals surface area contributed by atoms with E-state index in [1.54, 1.807) is 11.3 Å². The van der Waals surface area contributed by atoms with Gasteiger partial charge in [-0.25, -0.2) is 4.98 Å². The van der Waals surface area contributed by atoms with Gasteiger partial charge in [0.2, 0.25) is 0 Å². The Morgan fingerprint density at radius 2 is 1.90 bits per heavy atom. The van der Waals surface area contributed by atoms with E-state index in [2.05, 4.69) is 59.1 Å². The van der Waals surface area contributed by atoms with E-state index in [4.69, 9.17) is 4.98 Å². The van der Waals surface area contributed by atoms with Crippen molar-refractivity contribution in [2.75, 3.05) is 0 Å². The first-order chi connectivity index (χ1) is 14.0. The number of fused-ring (bicyclic) bond motifs is 2. The van der Waals surface area contributed by atoms with Gasteiger partial charge in [-0.1, -0.05) is 48.0 Å². The highest BCUT2D eigenvalue weighted by atomic mass is 32.1. The minimum absolute atomic E-state index is 0.0673. The summed E-state index contributed by atoms with van der Waals surface area (Å²) in [5, 5.41) is 1.80. The number of rotatable bonds is 3. The summed E-state index contributed by atoms with van der Waals surface area (Å²) >= 11 is 1.58. The first kappa shape index (κ1) is 17.9. The fourth-order valence-electron chi connectivity index (χ4n) is 3.96. The molecule has 3 heterocycles. The lowest BCUT2D eigenvalue weighted by Crippen LogP contribution is -2.09. The van der Waals surface area contributed by atoms with Crippen LogP contribution < -0.4 is 5.56 Å². The van der Waals surface area contributed by atoms with Gasteiger partial charge in [-0.15, -0.1) is 11.3 Å². The average molecular weight is 400 g/mol. The quantitative estimate of drug-likeness (QED) is 0.430. The van der Waals surface area contributed by atoms with Crippen molar-refractivity contribution in [1.29, 1.82) is 0 Å². The molecule has 0 aliphatic carbocycles.